The lowest BCUT2D eigenvalue weighted by atomic mass is 10.0. The van der Waals surface area contributed by atoms with Gasteiger partial charge in [-0.1, -0.05) is 77.5 Å². The van der Waals surface area contributed by atoms with Gasteiger partial charge in [0.2, 0.25) is 11.8 Å². The molecule has 6 rings (SSSR count). The minimum atomic E-state index is -0.924. The smallest absolute Gasteiger partial charge is 0.249 e. The first-order valence-electron chi connectivity index (χ1n) is 14.5. The van der Waals surface area contributed by atoms with Crippen LogP contribution in [-0.4, -0.2) is 53.1 Å². The molecule has 1 N–H and O–H groups in total. The molecule has 1 aliphatic rings. The number of nitrogens with one attached hydrogen (secondary N) is 1. The maximum atomic E-state index is 14.3. The molecular weight excluding hydrogens is 540 g/mol. The molecule has 9 heteroatoms. The number of hydrogen-bond acceptors (Lipinski definition) is 6. The van der Waals surface area contributed by atoms with Crippen LogP contribution < -0.4 is 15.1 Å². The van der Waals surface area contributed by atoms with Crippen molar-refractivity contribution in [1.29, 1.82) is 0 Å². The second-order valence-corrected chi connectivity index (χ2v) is 10.6. The predicted octanol–water partition coefficient (Wildman–Crippen LogP) is 4.67. The summed E-state index contributed by atoms with van der Waals surface area (Å²) < 4.78 is 7.10. The van der Waals surface area contributed by atoms with Crippen LogP contribution in [0.1, 0.15) is 22.7 Å². The number of fused-ring (bicyclic) bond motifs is 1. The molecule has 0 aliphatic carbocycles. The Bertz CT molecular complexity index is 1680. The molecule has 2 heterocycles. The molecule has 0 spiro atoms. The number of rotatable bonds is 9. The predicted molar refractivity (Wildman–Crippen MR) is 167 cm³/mol. The summed E-state index contributed by atoms with van der Waals surface area (Å²) in [6.07, 6.45) is 0. The van der Waals surface area contributed by atoms with Gasteiger partial charge in [0.1, 0.15) is 18.1 Å². The fourth-order valence-corrected chi connectivity index (χ4v) is 5.37. The molecule has 0 bridgehead atoms. The Hall–Kier alpha value is -5.02. The van der Waals surface area contributed by atoms with Crippen LogP contribution in [0, 0.1) is 6.92 Å². The summed E-state index contributed by atoms with van der Waals surface area (Å²) in [5, 5.41) is 11.6. The molecule has 1 aliphatic heterocycles. The maximum absolute atomic E-state index is 14.3. The first-order valence-corrected chi connectivity index (χ1v) is 14.5. The Morgan fingerprint density at radius 2 is 1.58 bits per heavy atom. The SMILES string of the molecule is Cc1ccc(N(C(=O)Cn2nnc3ccccc32)[C@H](C(=O)NCc2ccccc2)c2ccc(N3CCOCC3)cc2)cc1. The van der Waals surface area contributed by atoms with E-state index in [-0.39, 0.29) is 18.4 Å². The van der Waals surface area contributed by atoms with Crippen LogP contribution in [0.25, 0.3) is 11.0 Å². The van der Waals surface area contributed by atoms with Gasteiger partial charge < -0.3 is 15.0 Å². The molecule has 9 nitrogen and oxygen atoms in total. The fourth-order valence-electron chi connectivity index (χ4n) is 5.37. The number of carbonyl (C=O) groups is 2. The summed E-state index contributed by atoms with van der Waals surface area (Å²) in [5.74, 6) is -0.558. The van der Waals surface area contributed by atoms with Gasteiger partial charge in [-0.25, -0.2) is 4.68 Å². The molecule has 1 fully saturated rings. The highest BCUT2D eigenvalue weighted by atomic mass is 16.5. The first-order chi connectivity index (χ1) is 21.1. The summed E-state index contributed by atoms with van der Waals surface area (Å²) >= 11 is 0. The zero-order valence-corrected chi connectivity index (χ0v) is 24.1. The van der Waals surface area contributed by atoms with E-state index in [2.05, 4.69) is 20.5 Å². The normalized spacial score (nSPS) is 13.9. The number of amides is 2. The number of aryl methyl sites for hydroxylation is 1. The van der Waals surface area contributed by atoms with Gasteiger partial charge in [-0.2, -0.15) is 0 Å². The first kappa shape index (κ1) is 28.1. The highest BCUT2D eigenvalue weighted by molar-refractivity contribution is 6.01. The van der Waals surface area contributed by atoms with Crippen LogP contribution in [0.4, 0.5) is 11.4 Å². The van der Waals surface area contributed by atoms with Gasteiger partial charge in [0.05, 0.1) is 18.7 Å². The van der Waals surface area contributed by atoms with E-state index >= 15 is 0 Å². The zero-order chi connectivity index (χ0) is 29.6. The second-order valence-electron chi connectivity index (χ2n) is 10.6. The lowest BCUT2D eigenvalue weighted by Gasteiger charge is -2.32. The van der Waals surface area contributed by atoms with Crippen LogP contribution in [0.15, 0.2) is 103 Å². The molecular formula is C34H34N6O3. The molecule has 1 aromatic heterocycles. The average Bonchev–Trinajstić information content (AvgIpc) is 3.46. The van der Waals surface area contributed by atoms with Gasteiger partial charge >= 0.3 is 0 Å². The molecule has 2 amide bonds. The van der Waals surface area contributed by atoms with Crippen LogP contribution in [-0.2, 0) is 27.4 Å². The Kier molecular flexibility index (Phi) is 8.42. The van der Waals surface area contributed by atoms with Crippen LogP contribution in [0.2, 0.25) is 0 Å². The summed E-state index contributed by atoms with van der Waals surface area (Å²) in [4.78, 5) is 32.3. The van der Waals surface area contributed by atoms with Crippen molar-refractivity contribution in [2.45, 2.75) is 26.1 Å². The summed E-state index contributed by atoms with van der Waals surface area (Å²) in [6, 6.07) is 31.9. The number of nitrogens with zero attached hydrogens (tertiary/aromatic N) is 5. The van der Waals surface area contributed by atoms with E-state index < -0.39 is 6.04 Å². The van der Waals surface area contributed by atoms with E-state index in [9.17, 15) is 9.59 Å². The van der Waals surface area contributed by atoms with Crippen molar-refractivity contribution in [2.75, 3.05) is 36.1 Å². The number of ether oxygens (including phenoxy) is 1. The van der Waals surface area contributed by atoms with Crippen LogP contribution in [0.3, 0.4) is 0 Å². The van der Waals surface area contributed by atoms with Gasteiger partial charge in [0.25, 0.3) is 0 Å². The number of carbonyl (C=O) groups excluding carboxylic acids is 2. The molecule has 5 aromatic rings. The van der Waals surface area contributed by atoms with Crippen molar-refractivity contribution in [3.8, 4) is 0 Å². The Labute approximate surface area is 250 Å². The highest BCUT2D eigenvalue weighted by Crippen LogP contribution is 2.31. The van der Waals surface area contributed by atoms with Crippen molar-refractivity contribution in [3.05, 3.63) is 120 Å². The molecule has 0 saturated carbocycles. The standard InChI is InChI=1S/C34H34N6O3/c1-25-11-15-29(16-12-25)40(32(41)24-39-31-10-6-5-9-30(31)36-37-39)33(34(42)35-23-26-7-3-2-4-8-26)27-13-17-28(18-14-27)38-19-21-43-22-20-38/h2-18,33H,19-24H2,1H3,(H,35,42)/t33-/m0/s1. The average molecular weight is 575 g/mol. The van der Waals surface area contributed by atoms with Crippen molar-refractivity contribution >= 4 is 34.2 Å². The number of aromatic nitrogens is 3. The highest BCUT2D eigenvalue weighted by Gasteiger charge is 2.33. The molecule has 1 atom stereocenters. The monoisotopic (exact) mass is 574 g/mol. The largest absolute Gasteiger partial charge is 0.378 e. The number of morpholine rings is 1. The van der Waals surface area contributed by atoms with E-state index in [1.807, 2.05) is 110 Å². The third-order valence-corrected chi connectivity index (χ3v) is 7.69. The minimum Gasteiger partial charge on any atom is -0.378 e. The molecule has 4 aromatic carbocycles. The van der Waals surface area contributed by atoms with Crippen molar-refractivity contribution < 1.29 is 14.3 Å². The van der Waals surface area contributed by atoms with Crippen molar-refractivity contribution in [1.82, 2.24) is 20.3 Å². The van der Waals surface area contributed by atoms with E-state index in [1.54, 1.807) is 9.58 Å². The Morgan fingerprint density at radius 1 is 0.884 bits per heavy atom. The van der Waals surface area contributed by atoms with Crippen LogP contribution in [0.5, 0.6) is 0 Å². The molecule has 1 saturated heterocycles. The van der Waals surface area contributed by atoms with E-state index in [0.29, 0.717) is 36.5 Å². The zero-order valence-electron chi connectivity index (χ0n) is 24.1. The van der Waals surface area contributed by atoms with Gasteiger partial charge in [-0.15, -0.1) is 5.10 Å². The third kappa shape index (κ3) is 6.42. The van der Waals surface area contributed by atoms with E-state index in [4.69, 9.17) is 4.74 Å². The van der Waals surface area contributed by atoms with Crippen LogP contribution >= 0.6 is 0 Å². The van der Waals surface area contributed by atoms with Crippen molar-refractivity contribution in [2.24, 2.45) is 0 Å². The second kappa shape index (κ2) is 12.9. The number of anilines is 2. The van der Waals surface area contributed by atoms with E-state index in [0.717, 1.165) is 35.4 Å². The van der Waals surface area contributed by atoms with E-state index in [1.165, 1.54) is 0 Å². The van der Waals surface area contributed by atoms with Gasteiger partial charge in [0.15, 0.2) is 0 Å². The summed E-state index contributed by atoms with van der Waals surface area (Å²) in [7, 11) is 0. The Morgan fingerprint density at radius 3 is 2.33 bits per heavy atom. The van der Waals surface area contributed by atoms with Gasteiger partial charge in [-0.05, 0) is 54.4 Å². The summed E-state index contributed by atoms with van der Waals surface area (Å²) in [5.41, 5.74) is 5.86. The number of benzene rings is 4. The Balaban J connectivity index is 1.38. The number of hydrogen-bond donors (Lipinski definition) is 1. The lowest BCUT2D eigenvalue weighted by molar-refractivity contribution is -0.127. The topological polar surface area (TPSA) is 92.6 Å². The summed E-state index contributed by atoms with van der Waals surface area (Å²) in [6.45, 7) is 5.22. The molecule has 0 radical (unpaired) electrons. The molecule has 218 valence electrons. The van der Waals surface area contributed by atoms with Gasteiger partial charge in [0, 0.05) is 31.0 Å². The molecule has 0 unspecified atom stereocenters. The third-order valence-electron chi connectivity index (χ3n) is 7.69. The number of para-hydroxylation sites is 1. The molecule has 43 heavy (non-hydrogen) atoms. The van der Waals surface area contributed by atoms with Crippen molar-refractivity contribution in [3.63, 3.8) is 0 Å². The minimum absolute atomic E-state index is 0.0806. The quantitative estimate of drug-likeness (QED) is 0.275. The maximum Gasteiger partial charge on any atom is 0.249 e. The fraction of sp³-hybridized carbons (Fsp3) is 0.235. The lowest BCUT2D eigenvalue weighted by Crippen LogP contribution is -2.45. The van der Waals surface area contributed by atoms with Gasteiger partial charge in [-0.3, -0.25) is 14.5 Å².